The van der Waals surface area contributed by atoms with Gasteiger partial charge in [-0.2, -0.15) is 0 Å². The summed E-state index contributed by atoms with van der Waals surface area (Å²) in [6.07, 6.45) is 3.59. The van der Waals surface area contributed by atoms with Gasteiger partial charge in [-0.1, -0.05) is 25.8 Å². The van der Waals surface area contributed by atoms with Crippen LogP contribution < -0.4 is 0 Å². The maximum atomic E-state index is 10.4. The molecule has 0 spiro atoms. The van der Waals surface area contributed by atoms with Gasteiger partial charge in [0.15, 0.2) is 6.29 Å². The Kier molecular flexibility index (Phi) is 17.6. The lowest BCUT2D eigenvalue weighted by atomic mass is 10.1. The van der Waals surface area contributed by atoms with Crippen LogP contribution in [-0.4, -0.2) is 60.8 Å². The van der Waals surface area contributed by atoms with E-state index in [-0.39, 0.29) is 24.0 Å². The molecule has 1 aromatic carbocycles. The van der Waals surface area contributed by atoms with Crippen LogP contribution in [0.25, 0.3) is 0 Å². The van der Waals surface area contributed by atoms with Crippen LogP contribution in [0.4, 0.5) is 0 Å². The summed E-state index contributed by atoms with van der Waals surface area (Å²) in [4.78, 5) is 40.6. The van der Waals surface area contributed by atoms with Gasteiger partial charge < -0.3 is 30.6 Å². The molecular formula is C20H30O10. The fourth-order valence-electron chi connectivity index (χ4n) is 1.91. The molecule has 0 saturated carbocycles. The molecule has 0 radical (unpaired) electrons. The zero-order valence-corrected chi connectivity index (χ0v) is 16.9. The van der Waals surface area contributed by atoms with Crippen LogP contribution in [0.2, 0.25) is 0 Å². The number of aromatic carboxylic acids is 2. The van der Waals surface area contributed by atoms with Gasteiger partial charge in [-0.3, -0.25) is 9.59 Å². The second kappa shape index (κ2) is 18.1. The number of hydrogen-bond donors (Lipinski definition) is 6. The molecule has 0 heterocycles. The van der Waals surface area contributed by atoms with Crippen molar-refractivity contribution < 1.29 is 49.8 Å². The van der Waals surface area contributed by atoms with Crippen molar-refractivity contribution in [2.45, 2.75) is 64.6 Å². The molecule has 1 rings (SSSR count). The minimum absolute atomic E-state index is 0.0186. The van der Waals surface area contributed by atoms with E-state index in [1.165, 1.54) is 18.2 Å². The first-order valence-corrected chi connectivity index (χ1v) is 9.37. The normalized spacial score (nSPS) is 9.60. The Balaban J connectivity index is 0. The molecule has 10 nitrogen and oxygen atoms in total. The Morgan fingerprint density at radius 3 is 1.50 bits per heavy atom. The first kappa shape index (κ1) is 29.2. The van der Waals surface area contributed by atoms with Gasteiger partial charge in [0.05, 0.1) is 11.1 Å². The number of carbonyl (C=O) groups is 4. The Bertz CT molecular complexity index is 609. The Morgan fingerprint density at radius 2 is 1.20 bits per heavy atom. The van der Waals surface area contributed by atoms with E-state index in [1.54, 1.807) is 0 Å². The van der Waals surface area contributed by atoms with E-state index in [4.69, 9.17) is 30.6 Å². The summed E-state index contributed by atoms with van der Waals surface area (Å²) >= 11 is 0. The predicted octanol–water partition coefficient (Wildman–Crippen LogP) is 2.68. The highest BCUT2D eigenvalue weighted by Gasteiger charge is 2.06. The lowest BCUT2D eigenvalue weighted by molar-refractivity contribution is -0.139. The topological polar surface area (TPSA) is 190 Å². The van der Waals surface area contributed by atoms with Crippen LogP contribution in [0, 0.1) is 0 Å². The Hall–Kier alpha value is -2.98. The third-order valence-electron chi connectivity index (χ3n) is 3.45. The number of unbranched alkanes of at least 4 members (excludes halogenated alkanes) is 3. The maximum Gasteiger partial charge on any atom is 0.335 e. The summed E-state index contributed by atoms with van der Waals surface area (Å²) < 4.78 is 0. The lowest BCUT2D eigenvalue weighted by Crippen LogP contribution is -2.02. The minimum Gasteiger partial charge on any atom is -0.481 e. The number of benzene rings is 1. The second-order valence-corrected chi connectivity index (χ2v) is 6.16. The molecule has 0 bridgehead atoms. The molecule has 6 N–H and O–H groups in total. The van der Waals surface area contributed by atoms with Crippen LogP contribution in [0.1, 0.15) is 79.0 Å². The number of rotatable bonds is 11. The lowest BCUT2D eigenvalue weighted by Gasteiger charge is -1.99. The SMILES string of the molecule is CCCCCC(O)O.O=C(O)CCCCC(=O)O.O=C(O)c1cccc(C(=O)O)c1. The zero-order valence-electron chi connectivity index (χ0n) is 16.9. The molecule has 0 atom stereocenters. The van der Waals surface area contributed by atoms with Crippen LogP contribution >= 0.6 is 0 Å². The standard InChI is InChI=1S/C8H6O4.C6H10O4.C6H14O2/c9-7(10)5-2-1-3-6(4-5)8(11)12;7-5(8)3-1-2-4-6(9)10;1-2-3-4-5-6(7)8/h1-4H,(H,9,10)(H,11,12);1-4H2,(H,7,8)(H,9,10);6-8H,2-5H2,1H3. The minimum atomic E-state index is -1.13. The van der Waals surface area contributed by atoms with Gasteiger partial charge in [0.1, 0.15) is 0 Å². The molecule has 0 unspecified atom stereocenters. The molecule has 0 aliphatic heterocycles. The number of aliphatic hydroxyl groups excluding tert-OH is 1. The van der Waals surface area contributed by atoms with E-state index >= 15 is 0 Å². The summed E-state index contributed by atoms with van der Waals surface area (Å²) in [5.41, 5.74) is -0.0372. The highest BCUT2D eigenvalue weighted by atomic mass is 16.5. The zero-order chi connectivity index (χ0) is 23.5. The highest BCUT2D eigenvalue weighted by Crippen LogP contribution is 2.04. The molecule has 0 aromatic heterocycles. The third kappa shape index (κ3) is 19.8. The number of aliphatic hydroxyl groups is 2. The summed E-state index contributed by atoms with van der Waals surface area (Å²) in [7, 11) is 0. The van der Waals surface area contributed by atoms with E-state index in [0.29, 0.717) is 19.3 Å². The summed E-state index contributed by atoms with van der Waals surface area (Å²) in [6, 6.07) is 5.20. The van der Waals surface area contributed by atoms with Gasteiger partial charge in [0, 0.05) is 12.8 Å². The number of carboxylic acid groups (broad SMARTS) is 4. The molecule has 0 fully saturated rings. The summed E-state index contributed by atoms with van der Waals surface area (Å²) in [5.74, 6) is -3.99. The van der Waals surface area contributed by atoms with Crippen molar-refractivity contribution in [3.05, 3.63) is 35.4 Å². The molecule has 1 aromatic rings. The van der Waals surface area contributed by atoms with E-state index in [0.717, 1.165) is 25.3 Å². The number of carboxylic acids is 4. The van der Waals surface area contributed by atoms with Crippen LogP contribution in [0.3, 0.4) is 0 Å². The van der Waals surface area contributed by atoms with Gasteiger partial charge in [0.25, 0.3) is 0 Å². The summed E-state index contributed by atoms with van der Waals surface area (Å²) in [5, 5.41) is 49.9. The van der Waals surface area contributed by atoms with Gasteiger partial charge in [0.2, 0.25) is 0 Å². The van der Waals surface area contributed by atoms with E-state index in [9.17, 15) is 19.2 Å². The van der Waals surface area contributed by atoms with Gasteiger partial charge >= 0.3 is 23.9 Å². The molecule has 0 aliphatic rings. The molecular weight excluding hydrogens is 400 g/mol. The van der Waals surface area contributed by atoms with E-state index in [1.807, 2.05) is 0 Å². The van der Waals surface area contributed by atoms with Crippen molar-refractivity contribution in [3.63, 3.8) is 0 Å². The fourth-order valence-corrected chi connectivity index (χ4v) is 1.91. The van der Waals surface area contributed by atoms with E-state index in [2.05, 4.69) is 6.92 Å². The molecule has 30 heavy (non-hydrogen) atoms. The average molecular weight is 430 g/mol. The maximum absolute atomic E-state index is 10.4. The van der Waals surface area contributed by atoms with Crippen molar-refractivity contribution in [1.82, 2.24) is 0 Å². The fraction of sp³-hybridized carbons (Fsp3) is 0.500. The van der Waals surface area contributed by atoms with Crippen molar-refractivity contribution in [3.8, 4) is 0 Å². The van der Waals surface area contributed by atoms with E-state index < -0.39 is 30.2 Å². The highest BCUT2D eigenvalue weighted by molar-refractivity contribution is 5.93. The first-order chi connectivity index (χ1) is 14.0. The number of hydrogen-bond acceptors (Lipinski definition) is 6. The quantitative estimate of drug-likeness (QED) is 0.225. The average Bonchev–Trinajstić information content (AvgIpc) is 2.66. The monoisotopic (exact) mass is 430 g/mol. The van der Waals surface area contributed by atoms with Crippen molar-refractivity contribution in [2.75, 3.05) is 0 Å². The molecule has 10 heteroatoms. The molecule has 0 saturated heterocycles. The van der Waals surface area contributed by atoms with Crippen molar-refractivity contribution in [2.24, 2.45) is 0 Å². The Morgan fingerprint density at radius 1 is 0.767 bits per heavy atom. The van der Waals surface area contributed by atoms with Gasteiger partial charge in [-0.25, -0.2) is 9.59 Å². The molecule has 170 valence electrons. The summed E-state index contributed by atoms with van der Waals surface area (Å²) in [6.45, 7) is 2.09. The van der Waals surface area contributed by atoms with Gasteiger partial charge in [-0.05, 0) is 43.9 Å². The second-order valence-electron chi connectivity index (χ2n) is 6.16. The van der Waals surface area contributed by atoms with Crippen molar-refractivity contribution >= 4 is 23.9 Å². The van der Waals surface area contributed by atoms with Crippen LogP contribution in [0.5, 0.6) is 0 Å². The van der Waals surface area contributed by atoms with Gasteiger partial charge in [-0.15, -0.1) is 0 Å². The van der Waals surface area contributed by atoms with Crippen LogP contribution in [0.15, 0.2) is 24.3 Å². The first-order valence-electron chi connectivity index (χ1n) is 9.37. The third-order valence-corrected chi connectivity index (χ3v) is 3.45. The smallest absolute Gasteiger partial charge is 0.335 e. The molecule has 0 amide bonds. The Labute approximate surface area is 174 Å². The largest absolute Gasteiger partial charge is 0.481 e. The number of aliphatic carboxylic acids is 2. The molecule has 0 aliphatic carbocycles. The van der Waals surface area contributed by atoms with Crippen LogP contribution in [-0.2, 0) is 9.59 Å². The van der Waals surface area contributed by atoms with Crippen molar-refractivity contribution in [1.29, 1.82) is 0 Å². The predicted molar refractivity (Wildman–Crippen MR) is 106 cm³/mol.